The minimum Gasteiger partial charge on any atom is -0.444 e. The molecule has 0 saturated heterocycles. The summed E-state index contributed by atoms with van der Waals surface area (Å²) >= 11 is 0. The first kappa shape index (κ1) is 14.0. The highest BCUT2D eigenvalue weighted by atomic mass is 19.1. The highest BCUT2D eigenvalue weighted by Crippen LogP contribution is 2.20. The van der Waals surface area contributed by atoms with E-state index in [4.69, 9.17) is 10.00 Å². The van der Waals surface area contributed by atoms with Gasteiger partial charge in [0.2, 0.25) is 0 Å². The molecular weight excluding hydrogens is 235 g/mol. The lowest BCUT2D eigenvalue weighted by Crippen LogP contribution is -2.27. The smallest absolute Gasteiger partial charge is 0.412 e. The molecule has 1 rings (SSSR count). The molecule has 4 nitrogen and oxygen atoms in total. The number of hydrogen-bond donors (Lipinski definition) is 1. The zero-order valence-electron chi connectivity index (χ0n) is 10.8. The monoisotopic (exact) mass is 250 g/mol. The average molecular weight is 250 g/mol. The zero-order chi connectivity index (χ0) is 13.9. The van der Waals surface area contributed by atoms with Crippen molar-refractivity contribution in [2.75, 3.05) is 5.32 Å². The normalized spacial score (nSPS) is 10.7. The van der Waals surface area contributed by atoms with Gasteiger partial charge in [0.15, 0.2) is 0 Å². The van der Waals surface area contributed by atoms with Crippen LogP contribution in [-0.2, 0) is 4.74 Å². The van der Waals surface area contributed by atoms with Crippen LogP contribution in [0.25, 0.3) is 0 Å². The molecule has 0 atom stereocenters. The van der Waals surface area contributed by atoms with Crippen molar-refractivity contribution in [2.45, 2.75) is 33.3 Å². The van der Waals surface area contributed by atoms with Crippen molar-refractivity contribution < 1.29 is 13.9 Å². The third-order valence-electron chi connectivity index (χ3n) is 2.07. The first-order chi connectivity index (χ1) is 8.23. The fraction of sp³-hybridized carbons (Fsp3) is 0.385. The van der Waals surface area contributed by atoms with Crippen LogP contribution >= 0.6 is 0 Å². The molecule has 18 heavy (non-hydrogen) atoms. The van der Waals surface area contributed by atoms with E-state index in [-0.39, 0.29) is 5.56 Å². The molecule has 0 aliphatic rings. The maximum Gasteiger partial charge on any atom is 0.412 e. The molecule has 1 aromatic carbocycles. The van der Waals surface area contributed by atoms with Gasteiger partial charge in [-0.25, -0.2) is 9.18 Å². The number of benzene rings is 1. The van der Waals surface area contributed by atoms with E-state index in [0.29, 0.717) is 11.3 Å². The summed E-state index contributed by atoms with van der Waals surface area (Å²) in [4.78, 5) is 11.6. The van der Waals surface area contributed by atoms with Crippen LogP contribution < -0.4 is 5.32 Å². The van der Waals surface area contributed by atoms with Crippen molar-refractivity contribution in [3.63, 3.8) is 0 Å². The van der Waals surface area contributed by atoms with Crippen LogP contribution in [-0.4, -0.2) is 11.7 Å². The molecule has 0 radical (unpaired) electrons. The Hall–Kier alpha value is -2.09. The van der Waals surface area contributed by atoms with Gasteiger partial charge in [0.05, 0.1) is 5.56 Å². The summed E-state index contributed by atoms with van der Waals surface area (Å²) in [5, 5.41) is 11.2. The second kappa shape index (κ2) is 5.05. The molecule has 0 unspecified atom stereocenters. The second-order valence-electron chi connectivity index (χ2n) is 4.89. The zero-order valence-corrected chi connectivity index (χ0v) is 10.8. The third-order valence-corrected chi connectivity index (χ3v) is 2.07. The first-order valence-corrected chi connectivity index (χ1v) is 5.43. The molecule has 0 spiro atoms. The van der Waals surface area contributed by atoms with Gasteiger partial charge < -0.3 is 4.74 Å². The molecule has 96 valence electrons. The number of hydrogen-bond acceptors (Lipinski definition) is 3. The van der Waals surface area contributed by atoms with E-state index < -0.39 is 17.5 Å². The van der Waals surface area contributed by atoms with Crippen molar-refractivity contribution in [3.8, 4) is 6.07 Å². The van der Waals surface area contributed by atoms with Crippen LogP contribution in [0.1, 0.15) is 31.9 Å². The van der Waals surface area contributed by atoms with Gasteiger partial charge in [-0.1, -0.05) is 0 Å². The molecular formula is C13H15FN2O2. The molecule has 0 aliphatic heterocycles. The molecule has 1 N–H and O–H groups in total. The van der Waals surface area contributed by atoms with Gasteiger partial charge in [-0.2, -0.15) is 5.26 Å². The Balaban J connectivity index is 2.92. The van der Waals surface area contributed by atoms with Crippen LogP contribution in [0.5, 0.6) is 0 Å². The van der Waals surface area contributed by atoms with Gasteiger partial charge in [-0.15, -0.1) is 0 Å². The quantitative estimate of drug-likeness (QED) is 0.831. The molecule has 0 aromatic heterocycles. The number of amides is 1. The average Bonchev–Trinajstić information content (AvgIpc) is 2.19. The Morgan fingerprint density at radius 1 is 1.44 bits per heavy atom. The summed E-state index contributed by atoms with van der Waals surface area (Å²) in [6.45, 7) is 6.86. The van der Waals surface area contributed by atoms with Crippen molar-refractivity contribution in [2.24, 2.45) is 0 Å². The van der Waals surface area contributed by atoms with Gasteiger partial charge in [0, 0.05) is 5.69 Å². The Morgan fingerprint density at radius 3 is 2.56 bits per heavy atom. The van der Waals surface area contributed by atoms with E-state index in [1.165, 1.54) is 12.1 Å². The minimum atomic E-state index is -0.638. The van der Waals surface area contributed by atoms with E-state index in [2.05, 4.69) is 5.32 Å². The lowest BCUT2D eigenvalue weighted by Gasteiger charge is -2.20. The van der Waals surface area contributed by atoms with E-state index in [1.54, 1.807) is 33.8 Å². The van der Waals surface area contributed by atoms with Gasteiger partial charge >= 0.3 is 6.09 Å². The first-order valence-electron chi connectivity index (χ1n) is 5.43. The van der Waals surface area contributed by atoms with Gasteiger partial charge in [-0.3, -0.25) is 5.32 Å². The predicted molar refractivity (Wildman–Crippen MR) is 65.7 cm³/mol. The Morgan fingerprint density at radius 2 is 2.06 bits per heavy atom. The number of halogens is 1. The highest BCUT2D eigenvalue weighted by molar-refractivity contribution is 5.86. The van der Waals surface area contributed by atoms with Crippen molar-refractivity contribution in [1.82, 2.24) is 0 Å². The highest BCUT2D eigenvalue weighted by Gasteiger charge is 2.17. The largest absolute Gasteiger partial charge is 0.444 e. The maximum atomic E-state index is 13.3. The van der Waals surface area contributed by atoms with E-state index >= 15 is 0 Å². The van der Waals surface area contributed by atoms with Gasteiger partial charge in [0.25, 0.3) is 0 Å². The van der Waals surface area contributed by atoms with Gasteiger partial charge in [-0.05, 0) is 45.4 Å². The summed E-state index contributed by atoms with van der Waals surface area (Å²) in [6, 6.07) is 4.20. The summed E-state index contributed by atoms with van der Waals surface area (Å²) in [5.74, 6) is -0.607. The van der Waals surface area contributed by atoms with E-state index in [1.807, 2.05) is 0 Å². The topological polar surface area (TPSA) is 62.1 Å². The molecule has 0 saturated carbocycles. The number of carbonyl (C=O) groups is 1. The summed E-state index contributed by atoms with van der Waals surface area (Å²) in [5.41, 5.74) is 0.155. The minimum absolute atomic E-state index is 0.119. The number of ether oxygens (including phenoxy) is 1. The molecule has 0 bridgehead atoms. The number of nitriles is 1. The lowest BCUT2D eigenvalue weighted by molar-refractivity contribution is 0.0636. The molecule has 1 amide bonds. The van der Waals surface area contributed by atoms with Crippen LogP contribution in [0.2, 0.25) is 0 Å². The molecule has 5 heteroatoms. The number of rotatable bonds is 1. The predicted octanol–water partition coefficient (Wildman–Crippen LogP) is 3.35. The summed E-state index contributed by atoms with van der Waals surface area (Å²) < 4.78 is 18.3. The summed E-state index contributed by atoms with van der Waals surface area (Å²) in [7, 11) is 0. The standard InChI is InChI=1S/C13H15FN2O2/c1-8-5-10(14)9(7-15)6-11(8)16-12(17)18-13(2,3)4/h5-6H,1-4H3,(H,16,17). The number of carbonyl (C=O) groups excluding carboxylic acids is 1. The second-order valence-corrected chi connectivity index (χ2v) is 4.89. The number of anilines is 1. The van der Waals surface area contributed by atoms with E-state index in [0.717, 1.165) is 0 Å². The Labute approximate surface area is 105 Å². The molecule has 0 fully saturated rings. The number of nitrogens with zero attached hydrogens (tertiary/aromatic N) is 1. The number of aryl methyl sites for hydroxylation is 1. The van der Waals surface area contributed by atoms with Crippen LogP contribution in [0.3, 0.4) is 0 Å². The third kappa shape index (κ3) is 3.74. The van der Waals surface area contributed by atoms with E-state index in [9.17, 15) is 9.18 Å². The fourth-order valence-corrected chi connectivity index (χ4v) is 1.31. The fourth-order valence-electron chi connectivity index (χ4n) is 1.31. The van der Waals surface area contributed by atoms with Crippen LogP contribution in [0.4, 0.5) is 14.9 Å². The maximum absolute atomic E-state index is 13.3. The molecule has 1 aromatic rings. The molecule has 0 aliphatic carbocycles. The van der Waals surface area contributed by atoms with Crippen molar-refractivity contribution in [3.05, 3.63) is 29.1 Å². The van der Waals surface area contributed by atoms with Crippen molar-refractivity contribution in [1.29, 1.82) is 5.26 Å². The molecule has 0 heterocycles. The SMILES string of the molecule is Cc1cc(F)c(C#N)cc1NC(=O)OC(C)(C)C. The lowest BCUT2D eigenvalue weighted by atomic mass is 10.1. The van der Waals surface area contributed by atoms with Gasteiger partial charge in [0.1, 0.15) is 17.5 Å². The Bertz CT molecular complexity index is 513. The number of nitrogens with one attached hydrogen (secondary N) is 1. The Kier molecular flexibility index (Phi) is 3.92. The van der Waals surface area contributed by atoms with Crippen molar-refractivity contribution >= 4 is 11.8 Å². The summed E-state index contributed by atoms with van der Waals surface area (Å²) in [6.07, 6.45) is -0.638. The van der Waals surface area contributed by atoms with Crippen LogP contribution in [0.15, 0.2) is 12.1 Å². The van der Waals surface area contributed by atoms with Crippen LogP contribution in [0, 0.1) is 24.1 Å².